The van der Waals surface area contributed by atoms with Gasteiger partial charge in [0.15, 0.2) is 0 Å². The van der Waals surface area contributed by atoms with Gasteiger partial charge in [0.25, 0.3) is 5.91 Å². The normalized spacial score (nSPS) is 15.9. The molecule has 0 unspecified atom stereocenters. The number of hydrogen-bond acceptors (Lipinski definition) is 7. The molecule has 5 nitrogen and oxygen atoms in total. The average Bonchev–Trinajstić information content (AvgIpc) is 3.41. The molecule has 8 heteroatoms. The van der Waals surface area contributed by atoms with Crippen LogP contribution in [0.15, 0.2) is 27.6 Å². The van der Waals surface area contributed by atoms with Gasteiger partial charge < -0.3 is 4.90 Å². The summed E-state index contributed by atoms with van der Waals surface area (Å²) in [5, 5.41) is 10.2. The van der Waals surface area contributed by atoms with Crippen LogP contribution in [0.5, 0.6) is 0 Å². The van der Waals surface area contributed by atoms with Gasteiger partial charge in [0.1, 0.15) is 10.7 Å². The molecule has 0 spiro atoms. The van der Waals surface area contributed by atoms with Gasteiger partial charge in [0.05, 0.1) is 10.7 Å². The quantitative estimate of drug-likeness (QED) is 0.605. The highest BCUT2D eigenvalue weighted by Gasteiger charge is 2.25. The lowest BCUT2D eigenvalue weighted by molar-refractivity contribution is 0.0622. The minimum Gasteiger partial charge on any atom is -0.335 e. The van der Waals surface area contributed by atoms with E-state index in [0.717, 1.165) is 49.0 Å². The molecular weight excluding hydrogens is 408 g/mol. The van der Waals surface area contributed by atoms with Gasteiger partial charge in [-0.25, -0.2) is 9.97 Å². The van der Waals surface area contributed by atoms with Crippen molar-refractivity contribution in [2.75, 3.05) is 26.2 Å². The van der Waals surface area contributed by atoms with Crippen molar-refractivity contribution in [1.29, 1.82) is 0 Å². The molecule has 0 radical (unpaired) electrons. The van der Waals surface area contributed by atoms with Crippen LogP contribution < -0.4 is 0 Å². The Morgan fingerprint density at radius 2 is 1.86 bits per heavy atom. The van der Waals surface area contributed by atoms with Crippen LogP contribution in [0.2, 0.25) is 0 Å². The van der Waals surface area contributed by atoms with Crippen LogP contribution in [0, 0.1) is 0 Å². The average molecular weight is 433 g/mol. The largest absolute Gasteiger partial charge is 0.335 e. The maximum atomic E-state index is 12.8. The molecule has 0 aliphatic carbocycles. The number of rotatable bonds is 4. The van der Waals surface area contributed by atoms with E-state index < -0.39 is 0 Å². The molecule has 1 fully saturated rings. The van der Waals surface area contributed by atoms with Crippen LogP contribution in [-0.2, 0) is 12.0 Å². The summed E-state index contributed by atoms with van der Waals surface area (Å²) >= 11 is 4.92. The first kappa shape index (κ1) is 19.7. The van der Waals surface area contributed by atoms with Gasteiger partial charge in [-0.1, -0.05) is 20.8 Å². The molecule has 0 aromatic carbocycles. The molecule has 3 aromatic heterocycles. The van der Waals surface area contributed by atoms with Crippen LogP contribution in [0.3, 0.4) is 0 Å². The van der Waals surface area contributed by atoms with Crippen molar-refractivity contribution in [3.05, 3.63) is 44.0 Å². The summed E-state index contributed by atoms with van der Waals surface area (Å²) in [6.45, 7) is 10.7. The molecule has 0 bridgehead atoms. The molecule has 28 heavy (non-hydrogen) atoms. The van der Waals surface area contributed by atoms with Gasteiger partial charge in [-0.3, -0.25) is 9.69 Å². The summed E-state index contributed by atoms with van der Waals surface area (Å²) in [5.74, 6) is 0.0426. The fraction of sp³-hybridized carbons (Fsp3) is 0.450. The molecule has 4 rings (SSSR count). The number of carbonyl (C=O) groups is 1. The van der Waals surface area contributed by atoms with Crippen LogP contribution >= 0.6 is 34.0 Å². The number of carbonyl (C=O) groups excluding carboxylic acids is 1. The Hall–Kier alpha value is -1.61. The van der Waals surface area contributed by atoms with E-state index in [4.69, 9.17) is 4.98 Å². The number of thiophene rings is 1. The zero-order valence-electron chi connectivity index (χ0n) is 16.3. The van der Waals surface area contributed by atoms with E-state index in [9.17, 15) is 4.79 Å². The first-order chi connectivity index (χ1) is 13.4. The van der Waals surface area contributed by atoms with Crippen molar-refractivity contribution in [2.24, 2.45) is 0 Å². The third-order valence-electron chi connectivity index (χ3n) is 4.73. The second kappa shape index (κ2) is 8.02. The Bertz CT molecular complexity index is 931. The first-order valence-electron chi connectivity index (χ1n) is 9.35. The van der Waals surface area contributed by atoms with Crippen molar-refractivity contribution in [3.63, 3.8) is 0 Å². The third kappa shape index (κ3) is 4.35. The molecule has 3 aromatic rings. The summed E-state index contributed by atoms with van der Waals surface area (Å²) in [6.07, 6.45) is 0. The summed E-state index contributed by atoms with van der Waals surface area (Å²) in [7, 11) is 0. The number of nitrogens with zero attached hydrogens (tertiary/aromatic N) is 4. The number of piperazine rings is 1. The second-order valence-corrected chi connectivity index (χ2v) is 10.5. The highest BCUT2D eigenvalue weighted by atomic mass is 32.1. The van der Waals surface area contributed by atoms with Crippen molar-refractivity contribution >= 4 is 39.9 Å². The number of thiazole rings is 2. The van der Waals surface area contributed by atoms with Gasteiger partial charge in [-0.05, 0) is 11.4 Å². The molecule has 0 N–H and O–H groups in total. The maximum absolute atomic E-state index is 12.8. The molecule has 1 amide bonds. The van der Waals surface area contributed by atoms with E-state index in [2.05, 4.69) is 41.4 Å². The van der Waals surface area contributed by atoms with Gasteiger partial charge in [-0.2, -0.15) is 11.3 Å². The van der Waals surface area contributed by atoms with Gasteiger partial charge in [-0.15, -0.1) is 22.7 Å². The minimum atomic E-state index is 0.0426. The predicted octanol–water partition coefficient (Wildman–Crippen LogP) is 4.58. The lowest BCUT2D eigenvalue weighted by Gasteiger charge is -2.34. The Balaban J connectivity index is 1.32. The van der Waals surface area contributed by atoms with Crippen LogP contribution in [0.25, 0.3) is 10.6 Å². The second-order valence-electron chi connectivity index (χ2n) is 8.01. The summed E-state index contributed by atoms with van der Waals surface area (Å²) in [4.78, 5) is 26.4. The SMILES string of the molecule is CC(C)(C)c1nc(CN2CCN(C(=O)c3csc(-c4ccsc4)n3)CC2)cs1. The zero-order valence-corrected chi connectivity index (χ0v) is 18.8. The Morgan fingerprint density at radius 1 is 1.07 bits per heavy atom. The fourth-order valence-electron chi connectivity index (χ4n) is 3.11. The minimum absolute atomic E-state index is 0.0426. The van der Waals surface area contributed by atoms with Crippen LogP contribution in [-0.4, -0.2) is 51.9 Å². The molecule has 1 aliphatic rings. The van der Waals surface area contributed by atoms with Crippen molar-refractivity contribution < 1.29 is 4.79 Å². The number of hydrogen-bond donors (Lipinski definition) is 0. The van der Waals surface area contributed by atoms with Crippen LogP contribution in [0.4, 0.5) is 0 Å². The van der Waals surface area contributed by atoms with Crippen LogP contribution in [0.1, 0.15) is 42.0 Å². The van der Waals surface area contributed by atoms with Crippen molar-refractivity contribution in [2.45, 2.75) is 32.7 Å². The van der Waals surface area contributed by atoms with Gasteiger partial charge in [0.2, 0.25) is 0 Å². The third-order valence-corrected chi connectivity index (χ3v) is 7.62. The summed E-state index contributed by atoms with van der Waals surface area (Å²) in [5.41, 5.74) is 2.89. The van der Waals surface area contributed by atoms with Crippen molar-refractivity contribution in [1.82, 2.24) is 19.8 Å². The zero-order chi connectivity index (χ0) is 19.7. The predicted molar refractivity (Wildman–Crippen MR) is 117 cm³/mol. The lowest BCUT2D eigenvalue weighted by Crippen LogP contribution is -2.48. The van der Waals surface area contributed by atoms with E-state index in [1.165, 1.54) is 16.3 Å². The Labute approximate surface area is 177 Å². The van der Waals surface area contributed by atoms with E-state index in [1.54, 1.807) is 22.7 Å². The van der Waals surface area contributed by atoms with Crippen molar-refractivity contribution in [3.8, 4) is 10.6 Å². The van der Waals surface area contributed by atoms with Gasteiger partial charge >= 0.3 is 0 Å². The Kier molecular flexibility index (Phi) is 5.64. The summed E-state index contributed by atoms with van der Waals surface area (Å²) in [6, 6.07) is 2.04. The molecular formula is C20H24N4OS3. The van der Waals surface area contributed by atoms with E-state index in [0.29, 0.717) is 5.69 Å². The highest BCUT2D eigenvalue weighted by Crippen LogP contribution is 2.27. The molecule has 1 saturated heterocycles. The maximum Gasteiger partial charge on any atom is 0.273 e. The summed E-state index contributed by atoms with van der Waals surface area (Å²) < 4.78 is 0. The monoisotopic (exact) mass is 432 g/mol. The smallest absolute Gasteiger partial charge is 0.273 e. The standard InChI is InChI=1S/C20H24N4OS3/c1-20(2,3)19-21-15(12-28-19)10-23-5-7-24(8-6-23)18(25)16-13-27-17(22-16)14-4-9-26-11-14/h4,9,11-13H,5-8,10H2,1-3H3. The fourth-order valence-corrected chi connectivity index (χ4v) is 5.52. The lowest BCUT2D eigenvalue weighted by atomic mass is 9.98. The molecule has 1 aliphatic heterocycles. The van der Waals surface area contributed by atoms with E-state index in [-0.39, 0.29) is 11.3 Å². The molecule has 4 heterocycles. The Morgan fingerprint density at radius 3 is 2.50 bits per heavy atom. The topological polar surface area (TPSA) is 49.3 Å². The highest BCUT2D eigenvalue weighted by molar-refractivity contribution is 7.14. The van der Waals surface area contributed by atoms with Gasteiger partial charge in [0, 0.05) is 59.8 Å². The van der Waals surface area contributed by atoms with E-state index in [1.807, 2.05) is 21.7 Å². The number of amides is 1. The first-order valence-corrected chi connectivity index (χ1v) is 12.0. The number of aromatic nitrogens is 2. The van der Waals surface area contributed by atoms with E-state index >= 15 is 0 Å². The molecule has 0 atom stereocenters. The molecule has 0 saturated carbocycles. The molecule has 148 valence electrons.